The van der Waals surface area contributed by atoms with Crippen LogP contribution in [0.4, 0.5) is 0 Å². The van der Waals surface area contributed by atoms with E-state index in [1.807, 2.05) is 0 Å². The van der Waals surface area contributed by atoms with E-state index in [0.717, 1.165) is 16.6 Å². The standard InChI is InChI=1S/C11H11BrS2/c1-2-8-3-7(5-12)4-10-11(8)9(13)6-14-10/h3-4,6,13H,2,5H2,1H3. The van der Waals surface area contributed by atoms with Gasteiger partial charge in [-0.15, -0.1) is 24.0 Å². The van der Waals surface area contributed by atoms with Crippen molar-refractivity contribution in [3.63, 3.8) is 0 Å². The first-order chi connectivity index (χ1) is 6.76. The van der Waals surface area contributed by atoms with Crippen LogP contribution in [0.15, 0.2) is 22.4 Å². The van der Waals surface area contributed by atoms with Crippen LogP contribution in [-0.2, 0) is 11.8 Å². The minimum absolute atomic E-state index is 0.926. The number of aryl methyl sites for hydroxylation is 1. The van der Waals surface area contributed by atoms with E-state index in [1.54, 1.807) is 11.3 Å². The number of hydrogen-bond donors (Lipinski definition) is 1. The number of thiol groups is 1. The lowest BCUT2D eigenvalue weighted by Crippen LogP contribution is -1.85. The molecule has 3 heteroatoms. The number of rotatable bonds is 2. The van der Waals surface area contributed by atoms with E-state index in [9.17, 15) is 0 Å². The van der Waals surface area contributed by atoms with Crippen LogP contribution in [-0.4, -0.2) is 0 Å². The molecule has 1 aromatic heterocycles. The van der Waals surface area contributed by atoms with Gasteiger partial charge >= 0.3 is 0 Å². The normalized spacial score (nSPS) is 11.1. The van der Waals surface area contributed by atoms with Crippen molar-refractivity contribution in [2.45, 2.75) is 23.6 Å². The molecule has 0 bridgehead atoms. The molecular weight excluding hydrogens is 276 g/mol. The molecule has 0 saturated carbocycles. The third-order valence-electron chi connectivity index (χ3n) is 2.33. The Hall–Kier alpha value is 0.01000. The average molecular weight is 287 g/mol. The quantitative estimate of drug-likeness (QED) is 0.603. The van der Waals surface area contributed by atoms with Crippen LogP contribution in [0.2, 0.25) is 0 Å². The largest absolute Gasteiger partial charge is 0.143 e. The lowest BCUT2D eigenvalue weighted by Gasteiger charge is -2.04. The van der Waals surface area contributed by atoms with Crippen molar-refractivity contribution in [2.75, 3.05) is 0 Å². The Morgan fingerprint density at radius 1 is 1.43 bits per heavy atom. The zero-order valence-corrected chi connectivity index (χ0v) is 11.2. The minimum atomic E-state index is 0.926. The number of hydrogen-bond acceptors (Lipinski definition) is 2. The van der Waals surface area contributed by atoms with Crippen molar-refractivity contribution in [2.24, 2.45) is 0 Å². The van der Waals surface area contributed by atoms with E-state index >= 15 is 0 Å². The second-order valence-electron chi connectivity index (χ2n) is 3.24. The van der Waals surface area contributed by atoms with Gasteiger partial charge in [0.2, 0.25) is 0 Å². The zero-order valence-electron chi connectivity index (χ0n) is 7.88. The predicted molar refractivity (Wildman–Crippen MR) is 71.1 cm³/mol. The Morgan fingerprint density at radius 2 is 2.21 bits per heavy atom. The first-order valence-corrected chi connectivity index (χ1v) is 6.99. The van der Waals surface area contributed by atoms with Crippen molar-refractivity contribution in [1.29, 1.82) is 0 Å². The molecule has 0 nitrogen and oxygen atoms in total. The molecule has 2 rings (SSSR count). The van der Waals surface area contributed by atoms with E-state index in [1.165, 1.54) is 21.2 Å². The van der Waals surface area contributed by atoms with Crippen LogP contribution in [0.5, 0.6) is 0 Å². The molecule has 0 radical (unpaired) electrons. The summed E-state index contributed by atoms with van der Waals surface area (Å²) >= 11 is 9.76. The lowest BCUT2D eigenvalue weighted by atomic mass is 10.1. The molecule has 74 valence electrons. The monoisotopic (exact) mass is 286 g/mol. The molecule has 0 saturated heterocycles. The first-order valence-electron chi connectivity index (χ1n) is 4.54. The second-order valence-corrected chi connectivity index (χ2v) is 5.19. The Morgan fingerprint density at radius 3 is 2.86 bits per heavy atom. The summed E-state index contributed by atoms with van der Waals surface area (Å²) in [5, 5.41) is 4.38. The first kappa shape index (κ1) is 10.5. The third-order valence-corrected chi connectivity index (χ3v) is 4.44. The topological polar surface area (TPSA) is 0 Å². The molecule has 14 heavy (non-hydrogen) atoms. The van der Waals surface area contributed by atoms with Crippen molar-refractivity contribution >= 4 is 50.0 Å². The van der Waals surface area contributed by atoms with Crippen LogP contribution >= 0.6 is 39.9 Å². The minimum Gasteiger partial charge on any atom is -0.143 e. The van der Waals surface area contributed by atoms with Crippen LogP contribution in [0.25, 0.3) is 10.1 Å². The van der Waals surface area contributed by atoms with E-state index in [4.69, 9.17) is 0 Å². The van der Waals surface area contributed by atoms with Crippen LogP contribution < -0.4 is 0 Å². The molecule has 0 fully saturated rings. The van der Waals surface area contributed by atoms with Gasteiger partial charge in [0.05, 0.1) is 0 Å². The highest BCUT2D eigenvalue weighted by Crippen LogP contribution is 2.33. The maximum Gasteiger partial charge on any atom is 0.0360 e. The molecule has 2 aromatic rings. The van der Waals surface area contributed by atoms with Gasteiger partial charge in [-0.1, -0.05) is 28.9 Å². The van der Waals surface area contributed by atoms with Gasteiger partial charge in [-0.3, -0.25) is 0 Å². The Kier molecular flexibility index (Phi) is 3.20. The Bertz CT molecular complexity index is 460. The number of benzene rings is 1. The average Bonchev–Trinajstić information content (AvgIpc) is 2.59. The molecule has 0 aliphatic rings. The molecule has 0 atom stereocenters. The highest BCUT2D eigenvalue weighted by Gasteiger charge is 2.07. The van der Waals surface area contributed by atoms with Gasteiger partial charge in [0.25, 0.3) is 0 Å². The smallest absolute Gasteiger partial charge is 0.0360 e. The summed E-state index contributed by atoms with van der Waals surface area (Å²) in [4.78, 5) is 1.11. The molecule has 0 aliphatic carbocycles. The fraction of sp³-hybridized carbons (Fsp3) is 0.273. The van der Waals surface area contributed by atoms with Gasteiger partial charge in [0.1, 0.15) is 0 Å². The fourth-order valence-corrected chi connectivity index (χ4v) is 3.41. The van der Waals surface area contributed by atoms with Gasteiger partial charge in [0, 0.05) is 25.7 Å². The highest BCUT2D eigenvalue weighted by molar-refractivity contribution is 9.08. The Balaban J connectivity index is 2.76. The molecule has 1 heterocycles. The van der Waals surface area contributed by atoms with Crippen molar-refractivity contribution in [1.82, 2.24) is 0 Å². The summed E-state index contributed by atoms with van der Waals surface area (Å²) < 4.78 is 1.35. The number of fused-ring (bicyclic) bond motifs is 1. The fourth-order valence-electron chi connectivity index (χ4n) is 1.65. The van der Waals surface area contributed by atoms with E-state index < -0.39 is 0 Å². The summed E-state index contributed by atoms with van der Waals surface area (Å²) in [5.74, 6) is 0. The third kappa shape index (κ3) is 1.73. The van der Waals surface area contributed by atoms with Gasteiger partial charge < -0.3 is 0 Å². The van der Waals surface area contributed by atoms with Crippen molar-refractivity contribution in [3.05, 3.63) is 28.6 Å². The molecule has 1 aromatic carbocycles. The predicted octanol–water partition coefficient (Wildman–Crippen LogP) is 4.65. The molecule has 0 spiro atoms. The number of halogens is 1. The maximum absolute atomic E-state index is 4.49. The van der Waals surface area contributed by atoms with Crippen molar-refractivity contribution < 1.29 is 0 Å². The zero-order chi connectivity index (χ0) is 10.1. The van der Waals surface area contributed by atoms with Crippen LogP contribution in [0.3, 0.4) is 0 Å². The molecule has 0 amide bonds. The van der Waals surface area contributed by atoms with Crippen molar-refractivity contribution in [3.8, 4) is 0 Å². The summed E-state index contributed by atoms with van der Waals surface area (Å²) in [7, 11) is 0. The van der Waals surface area contributed by atoms with Gasteiger partial charge in [-0.2, -0.15) is 0 Å². The SMILES string of the molecule is CCc1cc(CBr)cc2scc(S)c12. The molecule has 0 N–H and O–H groups in total. The number of thiophene rings is 1. The summed E-state index contributed by atoms with van der Waals surface area (Å²) in [6.07, 6.45) is 1.07. The van der Waals surface area contributed by atoms with E-state index in [0.29, 0.717) is 0 Å². The lowest BCUT2D eigenvalue weighted by molar-refractivity contribution is 1.15. The van der Waals surface area contributed by atoms with Crippen LogP contribution in [0.1, 0.15) is 18.1 Å². The van der Waals surface area contributed by atoms with Gasteiger partial charge in [-0.05, 0) is 23.6 Å². The van der Waals surface area contributed by atoms with E-state index in [2.05, 4.69) is 53.0 Å². The van der Waals surface area contributed by atoms with E-state index in [-0.39, 0.29) is 0 Å². The highest BCUT2D eigenvalue weighted by atomic mass is 79.9. The second kappa shape index (κ2) is 4.25. The molecule has 0 unspecified atom stereocenters. The number of alkyl halides is 1. The molecule has 0 aliphatic heterocycles. The Labute approximate surface area is 102 Å². The summed E-state index contributed by atoms with van der Waals surface area (Å²) in [6, 6.07) is 4.51. The molecular formula is C11H11BrS2. The summed E-state index contributed by atoms with van der Waals surface area (Å²) in [5.41, 5.74) is 2.76. The summed E-state index contributed by atoms with van der Waals surface area (Å²) in [6.45, 7) is 2.19. The maximum atomic E-state index is 4.49. The van der Waals surface area contributed by atoms with Gasteiger partial charge in [0.15, 0.2) is 0 Å². The van der Waals surface area contributed by atoms with Gasteiger partial charge in [-0.25, -0.2) is 0 Å². The van der Waals surface area contributed by atoms with Crippen LogP contribution in [0, 0.1) is 0 Å².